The van der Waals surface area contributed by atoms with Crippen LogP contribution in [0.3, 0.4) is 0 Å². The number of carbonyl (C=O) groups excluding carboxylic acids is 1. The highest BCUT2D eigenvalue weighted by Gasteiger charge is 2.25. The molecule has 2 N–H and O–H groups in total. The van der Waals surface area contributed by atoms with Gasteiger partial charge >= 0.3 is 0 Å². The fraction of sp³-hybridized carbons (Fsp3) is 0.714. The van der Waals surface area contributed by atoms with Gasteiger partial charge in [0.15, 0.2) is 5.96 Å². The van der Waals surface area contributed by atoms with E-state index in [4.69, 9.17) is 0 Å². The second-order valence-corrected chi connectivity index (χ2v) is 9.25. The molecule has 0 aromatic carbocycles. The maximum absolute atomic E-state index is 12.0. The summed E-state index contributed by atoms with van der Waals surface area (Å²) in [7, 11) is 3.56. The summed E-state index contributed by atoms with van der Waals surface area (Å²) in [6, 6.07) is 5.16. The van der Waals surface area contributed by atoms with Crippen LogP contribution in [0.4, 0.5) is 5.00 Å². The summed E-state index contributed by atoms with van der Waals surface area (Å²) >= 11 is 1.81. The molecule has 6 nitrogen and oxygen atoms in total. The molecule has 1 aliphatic carbocycles. The van der Waals surface area contributed by atoms with E-state index in [0.29, 0.717) is 18.0 Å². The Kier molecular flexibility index (Phi) is 10.0. The van der Waals surface area contributed by atoms with Gasteiger partial charge in [-0.05, 0) is 49.1 Å². The molecule has 0 bridgehead atoms. The Morgan fingerprint density at radius 2 is 1.93 bits per heavy atom. The minimum atomic E-state index is 0. The van der Waals surface area contributed by atoms with Gasteiger partial charge in [-0.2, -0.15) is 0 Å². The van der Waals surface area contributed by atoms with Gasteiger partial charge in [-0.15, -0.1) is 35.3 Å². The van der Waals surface area contributed by atoms with Gasteiger partial charge in [0.2, 0.25) is 5.91 Å². The lowest BCUT2D eigenvalue weighted by atomic mass is 9.86. The van der Waals surface area contributed by atoms with Crippen LogP contribution in [-0.4, -0.2) is 62.6 Å². The van der Waals surface area contributed by atoms with Gasteiger partial charge in [-0.25, -0.2) is 4.99 Å². The largest absolute Gasteiger partial charge is 0.363 e. The van der Waals surface area contributed by atoms with Crippen LogP contribution >= 0.6 is 35.3 Å². The van der Waals surface area contributed by atoms with Crippen molar-refractivity contribution >= 4 is 52.2 Å². The van der Waals surface area contributed by atoms with E-state index in [-0.39, 0.29) is 36.4 Å². The number of piperidine rings is 1. The minimum absolute atomic E-state index is 0. The van der Waals surface area contributed by atoms with Crippen molar-refractivity contribution in [3.05, 3.63) is 17.5 Å². The average Bonchev–Trinajstić information content (AvgIpc) is 3.23. The first-order valence-electron chi connectivity index (χ1n) is 10.6. The lowest BCUT2D eigenvalue weighted by molar-refractivity contribution is -0.127. The van der Waals surface area contributed by atoms with Crippen molar-refractivity contribution in [2.75, 3.05) is 38.6 Å². The molecule has 1 aromatic heterocycles. The number of halogens is 1. The number of carbonyl (C=O) groups is 1. The lowest BCUT2D eigenvalue weighted by Crippen LogP contribution is -2.52. The number of hydrogen-bond acceptors (Lipinski definition) is 4. The van der Waals surface area contributed by atoms with Crippen molar-refractivity contribution in [3.63, 3.8) is 0 Å². The molecule has 2 aliphatic rings. The zero-order valence-corrected chi connectivity index (χ0v) is 21.0. The Morgan fingerprint density at radius 3 is 2.55 bits per heavy atom. The van der Waals surface area contributed by atoms with E-state index < -0.39 is 0 Å². The van der Waals surface area contributed by atoms with Gasteiger partial charge in [0.05, 0.1) is 5.00 Å². The number of likely N-dealkylation sites (N-methyl/N-ethyl adjacent to an activating group) is 1. The van der Waals surface area contributed by atoms with E-state index in [9.17, 15) is 4.79 Å². The summed E-state index contributed by atoms with van der Waals surface area (Å²) in [5.74, 6) is 1.49. The predicted octanol–water partition coefficient (Wildman–Crippen LogP) is 3.54. The second-order valence-electron chi connectivity index (χ2n) is 8.32. The summed E-state index contributed by atoms with van der Waals surface area (Å²) in [6.07, 6.45) is 7.20. The van der Waals surface area contributed by atoms with Gasteiger partial charge in [-0.3, -0.25) is 4.79 Å². The van der Waals surface area contributed by atoms with E-state index >= 15 is 0 Å². The van der Waals surface area contributed by atoms with Crippen molar-refractivity contribution in [1.82, 2.24) is 15.5 Å². The van der Waals surface area contributed by atoms with Crippen molar-refractivity contribution < 1.29 is 4.79 Å². The Labute approximate surface area is 196 Å². The molecular weight excluding hydrogens is 497 g/mol. The van der Waals surface area contributed by atoms with Crippen molar-refractivity contribution in [2.45, 2.75) is 57.5 Å². The number of hydrogen-bond donors (Lipinski definition) is 2. The first-order valence-corrected chi connectivity index (χ1v) is 11.5. The number of anilines is 1. The zero-order valence-electron chi connectivity index (χ0n) is 17.9. The molecule has 0 radical (unpaired) electrons. The van der Waals surface area contributed by atoms with Gasteiger partial charge in [0.25, 0.3) is 0 Å². The SMILES string of the molecule is CC1CCCCC1NC(=NCC(=O)N(C)C)NC1CCN(c2cccs2)CC1.I. The Bertz CT molecular complexity index is 644. The number of nitrogens with zero attached hydrogens (tertiary/aromatic N) is 3. The summed E-state index contributed by atoms with van der Waals surface area (Å²) < 4.78 is 0. The molecule has 1 aliphatic heterocycles. The number of rotatable bonds is 5. The fourth-order valence-corrected chi connectivity index (χ4v) is 4.80. The maximum Gasteiger partial charge on any atom is 0.243 e. The third-order valence-corrected chi connectivity index (χ3v) is 6.89. The second kappa shape index (κ2) is 12.0. The highest BCUT2D eigenvalue weighted by molar-refractivity contribution is 14.0. The highest BCUT2D eigenvalue weighted by Crippen LogP contribution is 2.25. The number of aliphatic imine (C=N–C) groups is 1. The molecule has 2 heterocycles. The molecule has 3 rings (SSSR count). The van der Waals surface area contributed by atoms with Crippen LogP contribution in [0.2, 0.25) is 0 Å². The maximum atomic E-state index is 12.0. The Morgan fingerprint density at radius 1 is 1.21 bits per heavy atom. The molecule has 1 aromatic rings. The molecule has 164 valence electrons. The third-order valence-electron chi connectivity index (χ3n) is 5.96. The molecule has 8 heteroatoms. The van der Waals surface area contributed by atoms with Gasteiger partial charge in [0.1, 0.15) is 6.54 Å². The monoisotopic (exact) mass is 533 g/mol. The number of thiophene rings is 1. The van der Waals surface area contributed by atoms with Gasteiger partial charge in [-0.1, -0.05) is 19.8 Å². The standard InChI is InChI=1S/C21H35N5OS.HI/c1-16-7-4-5-8-18(16)24-21(22-15-19(27)25(2)3)23-17-10-12-26(13-11-17)20-9-6-14-28-20;/h6,9,14,16-18H,4-5,7-8,10-13,15H2,1-3H3,(H2,22,23,24);1H. The minimum Gasteiger partial charge on any atom is -0.363 e. The number of amides is 1. The molecule has 1 saturated carbocycles. The third kappa shape index (κ3) is 7.31. The smallest absolute Gasteiger partial charge is 0.243 e. The van der Waals surface area contributed by atoms with Crippen molar-refractivity contribution in [2.24, 2.45) is 10.9 Å². The zero-order chi connectivity index (χ0) is 19.9. The van der Waals surface area contributed by atoms with Crippen LogP contribution in [0, 0.1) is 5.92 Å². The van der Waals surface area contributed by atoms with Crippen LogP contribution in [0.25, 0.3) is 0 Å². The Balaban J connectivity index is 0.00000300. The van der Waals surface area contributed by atoms with Gasteiger partial charge < -0.3 is 20.4 Å². The molecular formula is C21H36IN5OS. The van der Waals surface area contributed by atoms with Crippen LogP contribution in [0.5, 0.6) is 0 Å². The average molecular weight is 534 g/mol. The molecule has 2 fully saturated rings. The first-order chi connectivity index (χ1) is 13.5. The molecule has 1 saturated heterocycles. The van der Waals surface area contributed by atoms with E-state index in [2.05, 4.69) is 45.0 Å². The first kappa shape index (κ1) is 24.2. The molecule has 29 heavy (non-hydrogen) atoms. The Hall–Kier alpha value is -1.03. The lowest BCUT2D eigenvalue weighted by Gasteiger charge is -2.35. The highest BCUT2D eigenvalue weighted by atomic mass is 127. The van der Waals surface area contributed by atoms with Crippen LogP contribution < -0.4 is 15.5 Å². The molecule has 1 amide bonds. The summed E-state index contributed by atoms with van der Waals surface area (Å²) in [6.45, 7) is 4.63. The van der Waals surface area contributed by atoms with Crippen LogP contribution in [-0.2, 0) is 4.79 Å². The van der Waals surface area contributed by atoms with E-state index in [1.165, 1.54) is 30.7 Å². The van der Waals surface area contributed by atoms with E-state index in [1.807, 2.05) is 11.3 Å². The summed E-state index contributed by atoms with van der Waals surface area (Å²) in [5, 5.41) is 10.8. The van der Waals surface area contributed by atoms with E-state index in [0.717, 1.165) is 31.9 Å². The topological polar surface area (TPSA) is 60.0 Å². The molecule has 0 spiro atoms. The quantitative estimate of drug-likeness (QED) is 0.346. The molecule has 2 unspecified atom stereocenters. The fourth-order valence-electron chi connectivity index (χ4n) is 4.01. The predicted molar refractivity (Wildman–Crippen MR) is 134 cm³/mol. The van der Waals surface area contributed by atoms with Crippen LogP contribution in [0.15, 0.2) is 22.5 Å². The van der Waals surface area contributed by atoms with E-state index in [1.54, 1.807) is 19.0 Å². The summed E-state index contributed by atoms with van der Waals surface area (Å²) in [5.41, 5.74) is 0. The van der Waals surface area contributed by atoms with Crippen molar-refractivity contribution in [3.8, 4) is 0 Å². The van der Waals surface area contributed by atoms with Gasteiger partial charge in [0, 0.05) is 39.3 Å². The summed E-state index contributed by atoms with van der Waals surface area (Å²) in [4.78, 5) is 20.7. The normalized spacial score (nSPS) is 23.3. The molecule has 2 atom stereocenters. The van der Waals surface area contributed by atoms with Crippen molar-refractivity contribution in [1.29, 1.82) is 0 Å². The van der Waals surface area contributed by atoms with Crippen LogP contribution in [0.1, 0.15) is 45.4 Å². The number of guanidine groups is 1. The number of nitrogens with one attached hydrogen (secondary N) is 2.